The van der Waals surface area contributed by atoms with Crippen LogP contribution in [0.2, 0.25) is 0 Å². The smallest absolute Gasteiger partial charge is 0.306 e. The average molecular weight is 301 g/mol. The quantitative estimate of drug-likeness (QED) is 0.697. The van der Waals surface area contributed by atoms with E-state index in [1.54, 1.807) is 0 Å². The third-order valence-corrected chi connectivity index (χ3v) is 5.69. The second-order valence-corrected chi connectivity index (χ2v) is 7.46. The molecule has 1 saturated carbocycles. The minimum Gasteiger partial charge on any atom is -0.469 e. The van der Waals surface area contributed by atoms with Crippen molar-refractivity contribution in [3.05, 3.63) is 0 Å². The molecule has 0 bridgehead atoms. The Hall–Kier alpha value is -0.220. The number of ether oxygens (including phenoxy) is 1. The molecule has 1 aliphatic rings. The van der Waals surface area contributed by atoms with Gasteiger partial charge in [-0.15, -0.1) is 0 Å². The van der Waals surface area contributed by atoms with E-state index >= 15 is 0 Å². The zero-order chi connectivity index (χ0) is 15.0. The first-order valence-electron chi connectivity index (χ1n) is 8.00. The summed E-state index contributed by atoms with van der Waals surface area (Å²) >= 11 is 1.96. The highest BCUT2D eigenvalue weighted by Gasteiger charge is 2.31. The van der Waals surface area contributed by atoms with Gasteiger partial charge >= 0.3 is 5.97 Å². The summed E-state index contributed by atoms with van der Waals surface area (Å²) in [4.78, 5) is 11.2. The van der Waals surface area contributed by atoms with Crippen LogP contribution in [0.5, 0.6) is 0 Å². The number of hydrogen-bond donors (Lipinski definition) is 1. The van der Waals surface area contributed by atoms with Crippen molar-refractivity contribution >= 4 is 17.7 Å². The fourth-order valence-electron chi connectivity index (χ4n) is 2.91. The van der Waals surface area contributed by atoms with E-state index in [1.165, 1.54) is 32.8 Å². The zero-order valence-corrected chi connectivity index (χ0v) is 14.3. The predicted octanol–water partition coefficient (Wildman–Crippen LogP) is 3.48. The molecule has 1 aliphatic carbocycles. The van der Waals surface area contributed by atoms with Gasteiger partial charge < -0.3 is 10.1 Å². The molecule has 0 spiro atoms. The summed E-state index contributed by atoms with van der Waals surface area (Å²) in [5.41, 5.74) is 0. The Bertz CT molecular complexity index is 284. The van der Waals surface area contributed by atoms with Gasteiger partial charge in [0.05, 0.1) is 13.5 Å². The fraction of sp³-hybridized carbons (Fsp3) is 0.938. The molecule has 4 heteroatoms. The molecule has 0 radical (unpaired) electrons. The number of rotatable bonds is 8. The van der Waals surface area contributed by atoms with Crippen LogP contribution in [0, 0.1) is 11.8 Å². The van der Waals surface area contributed by atoms with Crippen molar-refractivity contribution in [2.45, 2.75) is 64.2 Å². The second-order valence-electron chi connectivity index (χ2n) is 6.11. The van der Waals surface area contributed by atoms with Crippen LogP contribution in [0.3, 0.4) is 0 Å². The molecular weight excluding hydrogens is 270 g/mol. The summed E-state index contributed by atoms with van der Waals surface area (Å²) in [5.74, 6) is 2.40. The van der Waals surface area contributed by atoms with Crippen molar-refractivity contribution in [1.29, 1.82) is 0 Å². The highest BCUT2D eigenvalue weighted by atomic mass is 32.2. The van der Waals surface area contributed by atoms with Crippen molar-refractivity contribution in [3.8, 4) is 0 Å². The maximum atomic E-state index is 11.2. The first-order valence-corrected chi connectivity index (χ1v) is 9.05. The molecule has 20 heavy (non-hydrogen) atoms. The molecule has 1 rings (SSSR count). The molecule has 3 nitrogen and oxygen atoms in total. The SMILES string of the molecule is CCCNC1CCC(C(C)C)CC1SCCC(=O)OC. The summed E-state index contributed by atoms with van der Waals surface area (Å²) in [6, 6.07) is 0.618. The maximum Gasteiger partial charge on any atom is 0.306 e. The molecule has 0 amide bonds. The number of methoxy groups -OCH3 is 1. The normalized spacial score (nSPS) is 26.8. The van der Waals surface area contributed by atoms with Gasteiger partial charge in [0.2, 0.25) is 0 Å². The molecule has 1 N–H and O–H groups in total. The fourth-order valence-corrected chi connectivity index (χ4v) is 4.34. The number of carbonyl (C=O) groups is 1. The van der Waals surface area contributed by atoms with E-state index in [4.69, 9.17) is 4.74 Å². The molecular formula is C16H31NO2S. The van der Waals surface area contributed by atoms with Gasteiger partial charge in [0.25, 0.3) is 0 Å². The standard InChI is InChI=1S/C16H31NO2S/c1-5-9-17-14-7-6-13(12(2)3)11-15(14)20-10-8-16(18)19-4/h12-15,17H,5-11H2,1-4H3. The number of carbonyl (C=O) groups excluding carboxylic acids is 1. The minimum absolute atomic E-state index is 0.0909. The van der Waals surface area contributed by atoms with E-state index in [-0.39, 0.29) is 5.97 Å². The summed E-state index contributed by atoms with van der Waals surface area (Å²) < 4.78 is 4.72. The number of nitrogens with one attached hydrogen (secondary N) is 1. The molecule has 1 fully saturated rings. The summed E-state index contributed by atoms with van der Waals surface area (Å²) in [7, 11) is 1.47. The number of hydrogen-bond acceptors (Lipinski definition) is 4. The molecule has 0 aromatic rings. The molecule has 0 saturated heterocycles. The third-order valence-electron chi connectivity index (χ3n) is 4.30. The molecule has 3 unspecified atom stereocenters. The molecule has 0 aromatic heterocycles. The van der Waals surface area contributed by atoms with E-state index in [0.29, 0.717) is 17.7 Å². The Morgan fingerprint density at radius 3 is 2.75 bits per heavy atom. The first-order chi connectivity index (χ1) is 9.58. The molecule has 0 aromatic carbocycles. The van der Waals surface area contributed by atoms with E-state index in [0.717, 1.165) is 24.1 Å². The van der Waals surface area contributed by atoms with Crippen LogP contribution >= 0.6 is 11.8 Å². The van der Waals surface area contributed by atoms with Crippen LogP contribution in [0.1, 0.15) is 52.9 Å². The van der Waals surface area contributed by atoms with Crippen LogP contribution < -0.4 is 5.32 Å². The van der Waals surface area contributed by atoms with Crippen LogP contribution in [-0.4, -0.2) is 36.7 Å². The van der Waals surface area contributed by atoms with Gasteiger partial charge in [-0.1, -0.05) is 20.8 Å². The number of thioether (sulfide) groups is 1. The Labute approximate surface area is 128 Å². The van der Waals surface area contributed by atoms with E-state index < -0.39 is 0 Å². The van der Waals surface area contributed by atoms with Crippen LogP contribution in [0.4, 0.5) is 0 Å². The monoisotopic (exact) mass is 301 g/mol. The molecule has 0 heterocycles. The predicted molar refractivity (Wildman–Crippen MR) is 87.1 cm³/mol. The van der Waals surface area contributed by atoms with Crippen LogP contribution in [0.25, 0.3) is 0 Å². The third kappa shape index (κ3) is 6.04. The van der Waals surface area contributed by atoms with Gasteiger partial charge in [-0.3, -0.25) is 4.79 Å². The van der Waals surface area contributed by atoms with Gasteiger partial charge in [-0.05, 0) is 44.1 Å². The van der Waals surface area contributed by atoms with E-state index in [9.17, 15) is 4.79 Å². The Morgan fingerprint density at radius 1 is 1.40 bits per heavy atom. The largest absolute Gasteiger partial charge is 0.469 e. The summed E-state index contributed by atoms with van der Waals surface area (Å²) in [5, 5.41) is 4.34. The molecule has 118 valence electrons. The summed E-state index contributed by atoms with van der Waals surface area (Å²) in [6.07, 6.45) is 5.62. The lowest BCUT2D eigenvalue weighted by Crippen LogP contribution is -2.44. The van der Waals surface area contributed by atoms with Gasteiger partial charge in [-0.2, -0.15) is 11.8 Å². The molecule has 0 aliphatic heterocycles. The van der Waals surface area contributed by atoms with E-state index in [2.05, 4.69) is 26.1 Å². The van der Waals surface area contributed by atoms with Gasteiger partial charge in [0.15, 0.2) is 0 Å². The van der Waals surface area contributed by atoms with E-state index in [1.807, 2.05) is 11.8 Å². The maximum absolute atomic E-state index is 11.2. The van der Waals surface area contributed by atoms with Crippen LogP contribution in [-0.2, 0) is 9.53 Å². The van der Waals surface area contributed by atoms with Gasteiger partial charge in [0.1, 0.15) is 0 Å². The Morgan fingerprint density at radius 2 is 2.15 bits per heavy atom. The number of esters is 1. The lowest BCUT2D eigenvalue weighted by atomic mass is 9.79. The zero-order valence-electron chi connectivity index (χ0n) is 13.5. The van der Waals surface area contributed by atoms with Crippen LogP contribution in [0.15, 0.2) is 0 Å². The Kier molecular flexibility index (Phi) is 8.62. The Balaban J connectivity index is 2.45. The lowest BCUT2D eigenvalue weighted by Gasteiger charge is -2.38. The first kappa shape index (κ1) is 17.8. The molecule has 3 atom stereocenters. The minimum atomic E-state index is -0.0909. The van der Waals surface area contributed by atoms with Crippen molar-refractivity contribution in [1.82, 2.24) is 5.32 Å². The van der Waals surface area contributed by atoms with Gasteiger partial charge in [-0.25, -0.2) is 0 Å². The lowest BCUT2D eigenvalue weighted by molar-refractivity contribution is -0.140. The average Bonchev–Trinajstić information content (AvgIpc) is 2.45. The van der Waals surface area contributed by atoms with Crippen molar-refractivity contribution in [2.75, 3.05) is 19.4 Å². The van der Waals surface area contributed by atoms with Crippen molar-refractivity contribution < 1.29 is 9.53 Å². The topological polar surface area (TPSA) is 38.3 Å². The van der Waals surface area contributed by atoms with Crippen molar-refractivity contribution in [2.24, 2.45) is 11.8 Å². The second kappa shape index (κ2) is 9.67. The van der Waals surface area contributed by atoms with Crippen molar-refractivity contribution in [3.63, 3.8) is 0 Å². The summed E-state index contributed by atoms with van der Waals surface area (Å²) in [6.45, 7) is 7.98. The highest BCUT2D eigenvalue weighted by Crippen LogP contribution is 2.36. The van der Waals surface area contributed by atoms with Gasteiger partial charge in [0, 0.05) is 17.0 Å². The highest BCUT2D eigenvalue weighted by molar-refractivity contribution is 7.99.